The lowest BCUT2D eigenvalue weighted by Crippen LogP contribution is -2.52. The highest BCUT2D eigenvalue weighted by Crippen LogP contribution is 2.21. The van der Waals surface area contributed by atoms with Crippen molar-refractivity contribution in [2.45, 2.75) is 32.2 Å². The van der Waals surface area contributed by atoms with Crippen LogP contribution in [0.1, 0.15) is 35.9 Å². The number of aryl methyl sites for hydroxylation is 1. The summed E-state index contributed by atoms with van der Waals surface area (Å²) >= 11 is 0. The van der Waals surface area contributed by atoms with Gasteiger partial charge >= 0.3 is 0 Å². The lowest BCUT2D eigenvalue weighted by molar-refractivity contribution is 0.0846. The van der Waals surface area contributed by atoms with E-state index in [0.29, 0.717) is 5.69 Å². The number of nitrogens with zero attached hydrogens (tertiary/aromatic N) is 2. The highest BCUT2D eigenvalue weighted by atomic mass is 16.2. The van der Waals surface area contributed by atoms with Crippen LogP contribution in [0.3, 0.4) is 0 Å². The molecule has 1 saturated heterocycles. The molecule has 0 radical (unpaired) electrons. The van der Waals surface area contributed by atoms with Gasteiger partial charge in [-0.15, -0.1) is 0 Å². The highest BCUT2D eigenvalue weighted by Gasteiger charge is 2.30. The molecule has 1 fully saturated rings. The van der Waals surface area contributed by atoms with Crippen molar-refractivity contribution >= 4 is 5.91 Å². The summed E-state index contributed by atoms with van der Waals surface area (Å²) in [6.45, 7) is 6.07. The zero-order valence-electron chi connectivity index (χ0n) is 11.4. The molecular weight excluding hydrogens is 226 g/mol. The summed E-state index contributed by atoms with van der Waals surface area (Å²) in [6.07, 6.45) is 1.97. The third kappa shape index (κ3) is 3.07. The molecule has 98 valence electrons. The first-order valence-corrected chi connectivity index (χ1v) is 6.43. The Balaban J connectivity index is 2.03. The van der Waals surface area contributed by atoms with E-state index >= 15 is 0 Å². The maximum atomic E-state index is 12.2. The van der Waals surface area contributed by atoms with Crippen molar-refractivity contribution in [2.75, 3.05) is 20.1 Å². The van der Waals surface area contributed by atoms with Crippen molar-refractivity contribution < 1.29 is 4.79 Å². The van der Waals surface area contributed by atoms with Gasteiger partial charge in [0.15, 0.2) is 0 Å². The fourth-order valence-corrected chi connectivity index (χ4v) is 2.24. The SMILES string of the molecule is Cc1cccc(C(=O)NC2(C)CCN(C)CC2)n1. The van der Waals surface area contributed by atoms with Crippen LogP contribution in [0, 0.1) is 6.92 Å². The number of rotatable bonds is 2. The van der Waals surface area contributed by atoms with E-state index in [1.165, 1.54) is 0 Å². The minimum atomic E-state index is -0.102. The Morgan fingerprint density at radius 3 is 2.67 bits per heavy atom. The number of pyridine rings is 1. The Labute approximate surface area is 108 Å². The molecule has 1 aromatic rings. The number of carbonyl (C=O) groups excluding carboxylic acids is 1. The molecule has 0 atom stereocenters. The second-order valence-electron chi connectivity index (χ2n) is 5.48. The van der Waals surface area contributed by atoms with Crippen LogP contribution in [0.25, 0.3) is 0 Å². The normalized spacial score (nSPS) is 19.5. The van der Waals surface area contributed by atoms with E-state index in [2.05, 4.69) is 29.2 Å². The average Bonchev–Trinajstić information content (AvgIpc) is 2.33. The topological polar surface area (TPSA) is 45.2 Å². The van der Waals surface area contributed by atoms with Gasteiger partial charge < -0.3 is 10.2 Å². The number of carbonyl (C=O) groups is 1. The van der Waals surface area contributed by atoms with Gasteiger partial charge in [0.1, 0.15) is 5.69 Å². The van der Waals surface area contributed by atoms with Crippen molar-refractivity contribution in [1.29, 1.82) is 0 Å². The second-order valence-corrected chi connectivity index (χ2v) is 5.48. The molecular formula is C14H21N3O. The van der Waals surface area contributed by atoms with Gasteiger partial charge in [-0.05, 0) is 45.9 Å². The van der Waals surface area contributed by atoms with Crippen LogP contribution in [0.15, 0.2) is 18.2 Å². The Hall–Kier alpha value is -1.42. The molecule has 0 aromatic carbocycles. The number of piperidine rings is 1. The molecule has 1 aliphatic heterocycles. The molecule has 1 aromatic heterocycles. The van der Waals surface area contributed by atoms with E-state index in [0.717, 1.165) is 31.6 Å². The van der Waals surface area contributed by atoms with E-state index in [9.17, 15) is 4.79 Å². The molecule has 2 rings (SSSR count). The Kier molecular flexibility index (Phi) is 3.66. The average molecular weight is 247 g/mol. The van der Waals surface area contributed by atoms with E-state index in [-0.39, 0.29) is 11.4 Å². The highest BCUT2D eigenvalue weighted by molar-refractivity contribution is 5.92. The maximum absolute atomic E-state index is 12.2. The number of aromatic nitrogens is 1. The standard InChI is InChI=1S/C14H21N3O/c1-11-5-4-6-12(15-11)13(18)16-14(2)7-9-17(3)10-8-14/h4-6H,7-10H2,1-3H3,(H,16,18). The first kappa shape index (κ1) is 13.0. The number of likely N-dealkylation sites (tertiary alicyclic amines) is 1. The minimum absolute atomic E-state index is 0.0641. The van der Waals surface area contributed by atoms with Crippen LogP contribution in [0.5, 0.6) is 0 Å². The molecule has 0 bridgehead atoms. The fraction of sp³-hybridized carbons (Fsp3) is 0.571. The number of nitrogens with one attached hydrogen (secondary N) is 1. The first-order valence-electron chi connectivity index (χ1n) is 6.43. The van der Waals surface area contributed by atoms with Crippen LogP contribution in [0.4, 0.5) is 0 Å². The summed E-state index contributed by atoms with van der Waals surface area (Å²) in [5.41, 5.74) is 1.28. The molecule has 1 aliphatic rings. The summed E-state index contributed by atoms with van der Waals surface area (Å²) in [5.74, 6) is -0.0641. The van der Waals surface area contributed by atoms with Crippen molar-refractivity contribution in [1.82, 2.24) is 15.2 Å². The third-order valence-electron chi connectivity index (χ3n) is 3.63. The molecule has 1 N–H and O–H groups in total. The molecule has 0 saturated carbocycles. The molecule has 0 aliphatic carbocycles. The van der Waals surface area contributed by atoms with Crippen molar-refractivity contribution in [3.8, 4) is 0 Å². The summed E-state index contributed by atoms with van der Waals surface area (Å²) in [4.78, 5) is 18.7. The maximum Gasteiger partial charge on any atom is 0.270 e. The van der Waals surface area contributed by atoms with Crippen LogP contribution >= 0.6 is 0 Å². The van der Waals surface area contributed by atoms with Crippen LogP contribution in [-0.4, -0.2) is 41.5 Å². The second kappa shape index (κ2) is 5.06. The molecule has 4 heteroatoms. The van der Waals surface area contributed by atoms with Crippen molar-refractivity contribution in [3.63, 3.8) is 0 Å². The van der Waals surface area contributed by atoms with Gasteiger partial charge in [0.25, 0.3) is 5.91 Å². The summed E-state index contributed by atoms with van der Waals surface area (Å²) in [7, 11) is 2.11. The molecule has 2 heterocycles. The number of hydrogen-bond donors (Lipinski definition) is 1. The van der Waals surface area contributed by atoms with E-state index in [1.54, 1.807) is 6.07 Å². The molecule has 0 unspecified atom stereocenters. The van der Waals surface area contributed by atoms with Crippen molar-refractivity contribution in [3.05, 3.63) is 29.6 Å². The molecule has 4 nitrogen and oxygen atoms in total. The Morgan fingerprint density at radius 1 is 1.39 bits per heavy atom. The van der Waals surface area contributed by atoms with Gasteiger partial charge in [0.2, 0.25) is 0 Å². The monoisotopic (exact) mass is 247 g/mol. The van der Waals surface area contributed by atoms with Crippen LogP contribution < -0.4 is 5.32 Å². The quantitative estimate of drug-likeness (QED) is 0.863. The number of hydrogen-bond acceptors (Lipinski definition) is 3. The predicted octanol–water partition coefficient (Wildman–Crippen LogP) is 1.60. The van der Waals surface area contributed by atoms with Crippen LogP contribution in [0.2, 0.25) is 0 Å². The van der Waals surface area contributed by atoms with Gasteiger partial charge in [0, 0.05) is 24.3 Å². The summed E-state index contributed by atoms with van der Waals surface area (Å²) in [6, 6.07) is 5.53. The third-order valence-corrected chi connectivity index (χ3v) is 3.63. The predicted molar refractivity (Wildman–Crippen MR) is 71.6 cm³/mol. The van der Waals surface area contributed by atoms with Gasteiger partial charge in [-0.3, -0.25) is 4.79 Å². The molecule has 0 spiro atoms. The lowest BCUT2D eigenvalue weighted by Gasteiger charge is -2.38. The summed E-state index contributed by atoms with van der Waals surface area (Å²) in [5, 5.41) is 3.13. The minimum Gasteiger partial charge on any atom is -0.345 e. The molecule has 1 amide bonds. The van der Waals surface area contributed by atoms with E-state index in [1.807, 2.05) is 19.1 Å². The number of amides is 1. The van der Waals surface area contributed by atoms with Crippen LogP contribution in [-0.2, 0) is 0 Å². The Bertz CT molecular complexity index is 436. The Morgan fingerprint density at radius 2 is 2.06 bits per heavy atom. The van der Waals surface area contributed by atoms with E-state index < -0.39 is 0 Å². The van der Waals surface area contributed by atoms with Gasteiger partial charge in [0.05, 0.1) is 0 Å². The first-order chi connectivity index (χ1) is 8.48. The van der Waals surface area contributed by atoms with Gasteiger partial charge in [-0.1, -0.05) is 6.07 Å². The van der Waals surface area contributed by atoms with Crippen molar-refractivity contribution in [2.24, 2.45) is 0 Å². The zero-order chi connectivity index (χ0) is 13.2. The molecule has 18 heavy (non-hydrogen) atoms. The lowest BCUT2D eigenvalue weighted by atomic mass is 9.89. The zero-order valence-corrected chi connectivity index (χ0v) is 11.4. The van der Waals surface area contributed by atoms with E-state index in [4.69, 9.17) is 0 Å². The smallest absolute Gasteiger partial charge is 0.270 e. The van der Waals surface area contributed by atoms with Gasteiger partial charge in [-0.25, -0.2) is 4.98 Å². The largest absolute Gasteiger partial charge is 0.345 e. The fourth-order valence-electron chi connectivity index (χ4n) is 2.24. The summed E-state index contributed by atoms with van der Waals surface area (Å²) < 4.78 is 0. The van der Waals surface area contributed by atoms with Gasteiger partial charge in [-0.2, -0.15) is 0 Å².